The summed E-state index contributed by atoms with van der Waals surface area (Å²) in [5, 5.41) is 7.60. The predicted octanol–water partition coefficient (Wildman–Crippen LogP) is 2.51. The van der Waals surface area contributed by atoms with E-state index in [1.54, 1.807) is 0 Å². The van der Waals surface area contributed by atoms with Gasteiger partial charge >= 0.3 is 0 Å². The molecule has 0 saturated heterocycles. The standard InChI is InChI=1S/C13H23N3O/c1-4-14-11-7-5-6-10(11)13-15-12(16-17-13)8-9(2)3/h9-11,14H,4-8H2,1-3H3. The lowest BCUT2D eigenvalue weighted by Gasteiger charge is -2.16. The van der Waals surface area contributed by atoms with Crippen LogP contribution in [0.25, 0.3) is 0 Å². The van der Waals surface area contributed by atoms with Gasteiger partial charge in [0.05, 0.1) is 5.92 Å². The van der Waals surface area contributed by atoms with Gasteiger partial charge in [0.1, 0.15) is 0 Å². The van der Waals surface area contributed by atoms with Crippen molar-refractivity contribution >= 4 is 0 Å². The van der Waals surface area contributed by atoms with E-state index in [1.165, 1.54) is 19.3 Å². The Morgan fingerprint density at radius 2 is 2.24 bits per heavy atom. The highest BCUT2D eigenvalue weighted by Gasteiger charge is 2.32. The van der Waals surface area contributed by atoms with E-state index in [1.807, 2.05) is 0 Å². The van der Waals surface area contributed by atoms with Gasteiger partial charge in [-0.3, -0.25) is 0 Å². The molecule has 4 nitrogen and oxygen atoms in total. The monoisotopic (exact) mass is 237 g/mol. The van der Waals surface area contributed by atoms with Crippen molar-refractivity contribution in [2.75, 3.05) is 6.54 Å². The first kappa shape index (κ1) is 12.6. The van der Waals surface area contributed by atoms with Crippen LogP contribution in [0.3, 0.4) is 0 Å². The van der Waals surface area contributed by atoms with Gasteiger partial charge in [-0.25, -0.2) is 0 Å². The SMILES string of the molecule is CCNC1CCCC1c1nc(CC(C)C)no1. The second-order valence-electron chi connectivity index (χ2n) is 5.35. The molecule has 0 radical (unpaired) electrons. The lowest BCUT2D eigenvalue weighted by Crippen LogP contribution is -2.31. The van der Waals surface area contributed by atoms with Crippen molar-refractivity contribution < 1.29 is 4.52 Å². The number of hydrogen-bond donors (Lipinski definition) is 1. The zero-order chi connectivity index (χ0) is 12.3. The molecule has 0 amide bonds. The van der Waals surface area contributed by atoms with E-state index in [-0.39, 0.29) is 0 Å². The molecule has 1 N–H and O–H groups in total. The summed E-state index contributed by atoms with van der Waals surface area (Å²) in [6.07, 6.45) is 4.55. The van der Waals surface area contributed by atoms with Gasteiger partial charge in [-0.1, -0.05) is 32.3 Å². The first-order chi connectivity index (χ1) is 8.20. The number of rotatable bonds is 5. The van der Waals surface area contributed by atoms with Gasteiger partial charge in [0.15, 0.2) is 5.82 Å². The van der Waals surface area contributed by atoms with Gasteiger partial charge in [-0.2, -0.15) is 4.98 Å². The van der Waals surface area contributed by atoms with E-state index >= 15 is 0 Å². The minimum absolute atomic E-state index is 0.420. The average Bonchev–Trinajstić information content (AvgIpc) is 2.86. The molecule has 0 spiro atoms. The summed E-state index contributed by atoms with van der Waals surface area (Å²) in [6, 6.07) is 0.521. The Hall–Kier alpha value is -0.900. The van der Waals surface area contributed by atoms with Crippen LogP contribution in [0.1, 0.15) is 57.7 Å². The van der Waals surface area contributed by atoms with Crippen LogP contribution in [0.4, 0.5) is 0 Å². The van der Waals surface area contributed by atoms with Crippen LogP contribution in [0.5, 0.6) is 0 Å². The number of nitrogens with zero attached hydrogens (tertiary/aromatic N) is 2. The number of likely N-dealkylation sites (N-methyl/N-ethyl adjacent to an activating group) is 1. The molecule has 2 unspecified atom stereocenters. The van der Waals surface area contributed by atoms with Crippen molar-refractivity contribution in [3.05, 3.63) is 11.7 Å². The second kappa shape index (κ2) is 5.63. The third-order valence-corrected chi connectivity index (χ3v) is 3.37. The van der Waals surface area contributed by atoms with Crippen molar-refractivity contribution in [3.8, 4) is 0 Å². The molecule has 1 aromatic rings. The van der Waals surface area contributed by atoms with Crippen LogP contribution in [-0.2, 0) is 6.42 Å². The molecule has 17 heavy (non-hydrogen) atoms. The van der Waals surface area contributed by atoms with Gasteiger partial charge in [0, 0.05) is 12.5 Å². The second-order valence-corrected chi connectivity index (χ2v) is 5.35. The Morgan fingerprint density at radius 3 is 2.94 bits per heavy atom. The van der Waals surface area contributed by atoms with Crippen LogP contribution < -0.4 is 5.32 Å². The molecular weight excluding hydrogens is 214 g/mol. The zero-order valence-electron chi connectivity index (χ0n) is 11.1. The molecular formula is C13H23N3O. The Labute approximate surface area is 103 Å². The maximum atomic E-state index is 5.42. The predicted molar refractivity (Wildman–Crippen MR) is 66.9 cm³/mol. The highest BCUT2D eigenvalue weighted by molar-refractivity contribution is 5.03. The van der Waals surface area contributed by atoms with Crippen LogP contribution in [-0.4, -0.2) is 22.7 Å². The highest BCUT2D eigenvalue weighted by Crippen LogP contribution is 2.33. The normalized spacial score (nSPS) is 24.7. The lowest BCUT2D eigenvalue weighted by atomic mass is 10.0. The van der Waals surface area contributed by atoms with E-state index in [0.717, 1.165) is 24.7 Å². The number of nitrogens with one attached hydrogen (secondary N) is 1. The maximum absolute atomic E-state index is 5.42. The van der Waals surface area contributed by atoms with Gasteiger partial charge in [0.25, 0.3) is 0 Å². The largest absolute Gasteiger partial charge is 0.339 e. The minimum Gasteiger partial charge on any atom is -0.339 e. The lowest BCUT2D eigenvalue weighted by molar-refractivity contribution is 0.328. The molecule has 2 atom stereocenters. The smallest absolute Gasteiger partial charge is 0.231 e. The van der Waals surface area contributed by atoms with Gasteiger partial charge in [-0.15, -0.1) is 0 Å². The van der Waals surface area contributed by atoms with E-state index in [9.17, 15) is 0 Å². The molecule has 1 fully saturated rings. The van der Waals surface area contributed by atoms with Crippen molar-refractivity contribution in [2.45, 2.75) is 58.4 Å². The summed E-state index contributed by atoms with van der Waals surface area (Å²) in [5.74, 6) is 2.69. The maximum Gasteiger partial charge on any atom is 0.231 e. The van der Waals surface area contributed by atoms with Crippen LogP contribution in [0.2, 0.25) is 0 Å². The number of hydrogen-bond acceptors (Lipinski definition) is 4. The molecule has 1 aromatic heterocycles. The fourth-order valence-corrected chi connectivity index (χ4v) is 2.63. The van der Waals surface area contributed by atoms with E-state index < -0.39 is 0 Å². The summed E-state index contributed by atoms with van der Waals surface area (Å²) >= 11 is 0. The van der Waals surface area contributed by atoms with E-state index in [4.69, 9.17) is 4.52 Å². The first-order valence-corrected chi connectivity index (χ1v) is 6.76. The summed E-state index contributed by atoms with van der Waals surface area (Å²) in [4.78, 5) is 4.55. The minimum atomic E-state index is 0.420. The van der Waals surface area contributed by atoms with Crippen LogP contribution >= 0.6 is 0 Å². The van der Waals surface area contributed by atoms with Crippen molar-refractivity contribution in [2.24, 2.45) is 5.92 Å². The molecule has 1 heterocycles. The van der Waals surface area contributed by atoms with E-state index in [0.29, 0.717) is 17.9 Å². The summed E-state index contributed by atoms with van der Waals surface area (Å²) in [5.41, 5.74) is 0. The molecule has 2 rings (SSSR count). The topological polar surface area (TPSA) is 51.0 Å². The first-order valence-electron chi connectivity index (χ1n) is 6.76. The summed E-state index contributed by atoms with van der Waals surface area (Å²) in [6.45, 7) is 7.50. The van der Waals surface area contributed by atoms with Crippen molar-refractivity contribution in [1.82, 2.24) is 15.5 Å². The van der Waals surface area contributed by atoms with Crippen molar-refractivity contribution in [3.63, 3.8) is 0 Å². The fourth-order valence-electron chi connectivity index (χ4n) is 2.63. The third-order valence-electron chi connectivity index (χ3n) is 3.37. The van der Waals surface area contributed by atoms with Gasteiger partial charge in [0.2, 0.25) is 5.89 Å². The molecule has 96 valence electrons. The molecule has 1 saturated carbocycles. The molecule has 0 aromatic carbocycles. The number of aromatic nitrogens is 2. The van der Waals surface area contributed by atoms with Crippen molar-refractivity contribution in [1.29, 1.82) is 0 Å². The molecule has 0 bridgehead atoms. The highest BCUT2D eigenvalue weighted by atomic mass is 16.5. The van der Waals surface area contributed by atoms with Crippen LogP contribution in [0, 0.1) is 5.92 Å². The Balaban J connectivity index is 2.03. The Bertz CT molecular complexity index is 348. The average molecular weight is 237 g/mol. The molecule has 4 heteroatoms. The fraction of sp³-hybridized carbons (Fsp3) is 0.846. The quantitative estimate of drug-likeness (QED) is 0.855. The van der Waals surface area contributed by atoms with E-state index in [2.05, 4.69) is 36.2 Å². The van der Waals surface area contributed by atoms with Gasteiger partial charge < -0.3 is 9.84 Å². The summed E-state index contributed by atoms with van der Waals surface area (Å²) in [7, 11) is 0. The molecule has 1 aliphatic carbocycles. The summed E-state index contributed by atoms with van der Waals surface area (Å²) < 4.78 is 5.42. The van der Waals surface area contributed by atoms with Gasteiger partial charge in [-0.05, 0) is 25.3 Å². The molecule has 0 aliphatic heterocycles. The van der Waals surface area contributed by atoms with Crippen LogP contribution in [0.15, 0.2) is 4.52 Å². The Morgan fingerprint density at radius 1 is 1.41 bits per heavy atom. The third kappa shape index (κ3) is 3.06. The zero-order valence-corrected chi connectivity index (χ0v) is 11.1. The molecule has 1 aliphatic rings. The Kier molecular flexibility index (Phi) is 4.15.